The van der Waals surface area contributed by atoms with Crippen molar-refractivity contribution in [3.05, 3.63) is 30.3 Å². The minimum absolute atomic E-state index is 0.0361. The van der Waals surface area contributed by atoms with Crippen LogP contribution in [-0.4, -0.2) is 11.9 Å². The summed E-state index contributed by atoms with van der Waals surface area (Å²) in [7, 11) is 0. The zero-order valence-electron chi connectivity index (χ0n) is 10.6. The monoisotopic (exact) mass is 234 g/mol. The van der Waals surface area contributed by atoms with E-state index in [4.69, 9.17) is 5.73 Å². The number of rotatable bonds is 6. The number of nitrogens with one attached hydrogen (secondary N) is 1. The lowest BCUT2D eigenvalue weighted by Crippen LogP contribution is -2.21. The second kappa shape index (κ2) is 7.07. The molecule has 1 aromatic carbocycles. The molecule has 0 aliphatic carbocycles. The quantitative estimate of drug-likeness (QED) is 0.795. The minimum Gasteiger partial charge on any atom is -0.328 e. The summed E-state index contributed by atoms with van der Waals surface area (Å²) in [5.74, 6) is 0.120. The zero-order chi connectivity index (χ0) is 12.7. The number of benzene rings is 1. The van der Waals surface area contributed by atoms with Gasteiger partial charge in [0.2, 0.25) is 5.91 Å². The van der Waals surface area contributed by atoms with E-state index >= 15 is 0 Å². The molecule has 1 rings (SSSR count). The van der Waals surface area contributed by atoms with E-state index in [1.54, 1.807) is 0 Å². The molecule has 1 aromatic rings. The number of hydrogen-bond donors (Lipinski definition) is 2. The lowest BCUT2D eigenvalue weighted by molar-refractivity contribution is -0.119. The Morgan fingerprint density at radius 2 is 1.88 bits per heavy atom. The fraction of sp³-hybridized carbons (Fsp3) is 0.500. The van der Waals surface area contributed by atoms with E-state index in [9.17, 15) is 4.79 Å². The van der Waals surface area contributed by atoms with Crippen LogP contribution in [0.4, 0.5) is 5.69 Å². The van der Waals surface area contributed by atoms with E-state index in [0.717, 1.165) is 24.9 Å². The summed E-state index contributed by atoms with van der Waals surface area (Å²) in [4.78, 5) is 11.8. The highest BCUT2D eigenvalue weighted by Crippen LogP contribution is 2.13. The van der Waals surface area contributed by atoms with Crippen molar-refractivity contribution in [2.45, 2.75) is 39.2 Å². The van der Waals surface area contributed by atoms with Crippen LogP contribution in [0.15, 0.2) is 30.3 Å². The summed E-state index contributed by atoms with van der Waals surface area (Å²) in [6, 6.07) is 9.77. The Hall–Kier alpha value is -1.35. The minimum atomic E-state index is 0.0361. The van der Waals surface area contributed by atoms with Crippen LogP contribution in [0.3, 0.4) is 0 Å². The summed E-state index contributed by atoms with van der Waals surface area (Å²) in [5.41, 5.74) is 6.54. The van der Waals surface area contributed by atoms with Gasteiger partial charge in [0, 0.05) is 17.6 Å². The van der Waals surface area contributed by atoms with Crippen molar-refractivity contribution < 1.29 is 4.79 Å². The molecule has 0 aliphatic heterocycles. The Morgan fingerprint density at radius 1 is 1.24 bits per heavy atom. The predicted octanol–water partition coefficient (Wildman–Crippen LogP) is 2.78. The molecule has 94 valence electrons. The Morgan fingerprint density at radius 3 is 2.47 bits per heavy atom. The van der Waals surface area contributed by atoms with Crippen molar-refractivity contribution in [1.82, 2.24) is 0 Å². The van der Waals surface area contributed by atoms with Gasteiger partial charge in [0.15, 0.2) is 0 Å². The Kier molecular flexibility index (Phi) is 5.70. The summed E-state index contributed by atoms with van der Waals surface area (Å²) in [6.45, 7) is 3.95. The summed E-state index contributed by atoms with van der Waals surface area (Å²) < 4.78 is 0. The van der Waals surface area contributed by atoms with E-state index < -0.39 is 0 Å². The third-order valence-corrected chi connectivity index (χ3v) is 2.79. The van der Waals surface area contributed by atoms with Gasteiger partial charge < -0.3 is 11.1 Å². The smallest absolute Gasteiger partial charge is 0.227 e. The summed E-state index contributed by atoms with van der Waals surface area (Å²) in [6.07, 6.45) is 2.87. The number of hydrogen-bond acceptors (Lipinski definition) is 2. The zero-order valence-corrected chi connectivity index (χ0v) is 10.6. The van der Waals surface area contributed by atoms with E-state index in [-0.39, 0.29) is 17.9 Å². The molecule has 17 heavy (non-hydrogen) atoms. The molecule has 0 aromatic heterocycles. The van der Waals surface area contributed by atoms with E-state index in [2.05, 4.69) is 5.32 Å². The van der Waals surface area contributed by atoms with Gasteiger partial charge in [-0.25, -0.2) is 0 Å². The highest BCUT2D eigenvalue weighted by Gasteiger charge is 2.12. The van der Waals surface area contributed by atoms with Gasteiger partial charge in [-0.3, -0.25) is 4.79 Å². The van der Waals surface area contributed by atoms with Crippen LogP contribution < -0.4 is 11.1 Å². The molecule has 0 aliphatic rings. The maximum Gasteiger partial charge on any atom is 0.227 e. The van der Waals surface area contributed by atoms with Crippen molar-refractivity contribution in [2.24, 2.45) is 11.7 Å². The molecule has 2 unspecified atom stereocenters. The average molecular weight is 234 g/mol. The lowest BCUT2D eigenvalue weighted by Gasteiger charge is -2.12. The third kappa shape index (κ3) is 5.50. The first-order valence-electron chi connectivity index (χ1n) is 6.21. The Bertz CT molecular complexity index is 335. The number of nitrogens with two attached hydrogens (primary N) is 1. The van der Waals surface area contributed by atoms with Crippen LogP contribution in [0.1, 0.15) is 33.1 Å². The average Bonchev–Trinajstić information content (AvgIpc) is 2.29. The van der Waals surface area contributed by atoms with E-state index in [0.29, 0.717) is 0 Å². The van der Waals surface area contributed by atoms with Gasteiger partial charge in [-0.2, -0.15) is 0 Å². The molecule has 0 spiro atoms. The number of carbonyl (C=O) groups excluding carboxylic acids is 1. The maximum atomic E-state index is 11.8. The van der Waals surface area contributed by atoms with Crippen LogP contribution in [0.5, 0.6) is 0 Å². The molecule has 1 amide bonds. The molecule has 3 N–H and O–H groups in total. The Balaban J connectivity index is 2.32. The maximum absolute atomic E-state index is 11.8. The number of para-hydroxylation sites is 1. The van der Waals surface area contributed by atoms with Crippen LogP contribution >= 0.6 is 0 Å². The second-order valence-electron chi connectivity index (χ2n) is 4.66. The lowest BCUT2D eigenvalue weighted by atomic mass is 10.0. The first-order chi connectivity index (χ1) is 8.09. The third-order valence-electron chi connectivity index (χ3n) is 2.79. The van der Waals surface area contributed by atoms with Gasteiger partial charge >= 0.3 is 0 Å². The standard InChI is InChI=1S/C14H22N2O/c1-11(7-6-8-12(2)15)14(17)16-13-9-4-3-5-10-13/h3-5,9-12H,6-8,15H2,1-2H3,(H,16,17). The number of carbonyl (C=O) groups is 1. The SMILES string of the molecule is CC(N)CCCC(C)C(=O)Nc1ccccc1. The van der Waals surface area contributed by atoms with Gasteiger partial charge in [-0.1, -0.05) is 31.5 Å². The topological polar surface area (TPSA) is 55.1 Å². The van der Waals surface area contributed by atoms with Gasteiger partial charge in [-0.05, 0) is 31.9 Å². The molecule has 0 radical (unpaired) electrons. The van der Waals surface area contributed by atoms with Crippen molar-refractivity contribution in [3.8, 4) is 0 Å². The molecule has 0 bridgehead atoms. The highest BCUT2D eigenvalue weighted by molar-refractivity contribution is 5.92. The molecular formula is C14H22N2O. The molecule has 0 saturated carbocycles. The normalized spacial score (nSPS) is 14.1. The van der Waals surface area contributed by atoms with Crippen molar-refractivity contribution in [1.29, 1.82) is 0 Å². The van der Waals surface area contributed by atoms with Gasteiger partial charge in [0.05, 0.1) is 0 Å². The highest BCUT2D eigenvalue weighted by atomic mass is 16.1. The molecule has 0 fully saturated rings. The first kappa shape index (κ1) is 13.7. The Labute approximate surface area is 103 Å². The fourth-order valence-corrected chi connectivity index (χ4v) is 1.66. The van der Waals surface area contributed by atoms with Crippen LogP contribution in [0.2, 0.25) is 0 Å². The van der Waals surface area contributed by atoms with E-state index in [1.807, 2.05) is 44.2 Å². The van der Waals surface area contributed by atoms with Gasteiger partial charge in [0.25, 0.3) is 0 Å². The first-order valence-corrected chi connectivity index (χ1v) is 6.21. The molecule has 2 atom stereocenters. The fourth-order valence-electron chi connectivity index (χ4n) is 1.66. The molecule has 0 heterocycles. The predicted molar refractivity (Wildman–Crippen MR) is 71.7 cm³/mol. The number of anilines is 1. The molecular weight excluding hydrogens is 212 g/mol. The van der Waals surface area contributed by atoms with Crippen LogP contribution in [-0.2, 0) is 4.79 Å². The molecule has 3 nitrogen and oxygen atoms in total. The largest absolute Gasteiger partial charge is 0.328 e. The number of amides is 1. The van der Waals surface area contributed by atoms with Gasteiger partial charge in [-0.15, -0.1) is 0 Å². The molecule has 3 heteroatoms. The second-order valence-corrected chi connectivity index (χ2v) is 4.66. The molecule has 0 saturated heterocycles. The van der Waals surface area contributed by atoms with Crippen molar-refractivity contribution >= 4 is 11.6 Å². The van der Waals surface area contributed by atoms with Crippen molar-refractivity contribution in [2.75, 3.05) is 5.32 Å². The van der Waals surface area contributed by atoms with Crippen LogP contribution in [0.25, 0.3) is 0 Å². The summed E-state index contributed by atoms with van der Waals surface area (Å²) >= 11 is 0. The van der Waals surface area contributed by atoms with Crippen LogP contribution in [0, 0.1) is 5.92 Å². The van der Waals surface area contributed by atoms with Crippen molar-refractivity contribution in [3.63, 3.8) is 0 Å². The van der Waals surface area contributed by atoms with E-state index in [1.165, 1.54) is 0 Å². The summed E-state index contributed by atoms with van der Waals surface area (Å²) in [5, 5.41) is 2.91. The van der Waals surface area contributed by atoms with Gasteiger partial charge in [0.1, 0.15) is 0 Å².